The molecule has 5 heteroatoms. The first kappa shape index (κ1) is 14.1. The van der Waals surface area contributed by atoms with Crippen molar-refractivity contribution in [3.8, 4) is 12.3 Å². The van der Waals surface area contributed by atoms with E-state index in [1.54, 1.807) is 25.1 Å². The molecular formula is C13H12ClNO3. The minimum atomic E-state index is -1.11. The Balaban J connectivity index is 2.98. The van der Waals surface area contributed by atoms with Crippen LogP contribution in [0.5, 0.6) is 0 Å². The van der Waals surface area contributed by atoms with Gasteiger partial charge < -0.3 is 10.0 Å². The summed E-state index contributed by atoms with van der Waals surface area (Å²) in [5.41, 5.74) is 1.12. The molecule has 1 aromatic rings. The van der Waals surface area contributed by atoms with Crippen LogP contribution in [0.25, 0.3) is 0 Å². The lowest BCUT2D eigenvalue weighted by Crippen LogP contribution is -2.36. The predicted octanol–water partition coefficient (Wildman–Crippen LogP) is 1.81. The third kappa shape index (κ3) is 3.51. The maximum absolute atomic E-state index is 12.1. The van der Waals surface area contributed by atoms with Crippen LogP contribution in [0, 0.1) is 19.3 Å². The lowest BCUT2D eigenvalue weighted by atomic mass is 10.1. The van der Waals surface area contributed by atoms with Crippen molar-refractivity contribution in [2.24, 2.45) is 0 Å². The maximum Gasteiger partial charge on any atom is 0.323 e. The summed E-state index contributed by atoms with van der Waals surface area (Å²) in [7, 11) is 0. The highest BCUT2D eigenvalue weighted by Gasteiger charge is 2.18. The zero-order chi connectivity index (χ0) is 13.7. The number of rotatable bonds is 4. The van der Waals surface area contributed by atoms with Crippen LogP contribution in [-0.4, -0.2) is 35.0 Å². The molecule has 1 N–H and O–H groups in total. The first-order valence-electron chi connectivity index (χ1n) is 5.16. The normalized spacial score (nSPS) is 9.61. The van der Waals surface area contributed by atoms with Gasteiger partial charge in [-0.25, -0.2) is 0 Å². The molecule has 1 rings (SSSR count). The van der Waals surface area contributed by atoms with E-state index in [1.807, 2.05) is 0 Å². The Morgan fingerprint density at radius 2 is 2.17 bits per heavy atom. The quantitative estimate of drug-likeness (QED) is 0.845. The van der Waals surface area contributed by atoms with Gasteiger partial charge in [-0.1, -0.05) is 17.5 Å². The van der Waals surface area contributed by atoms with E-state index in [9.17, 15) is 9.59 Å². The molecule has 94 valence electrons. The Labute approximate surface area is 110 Å². The number of carboxylic acid groups (broad SMARTS) is 1. The molecule has 0 aromatic heterocycles. The molecule has 0 bridgehead atoms. The number of hydrogen-bond donors (Lipinski definition) is 1. The number of carbonyl (C=O) groups excluding carboxylic acids is 1. The Kier molecular flexibility index (Phi) is 4.75. The molecular weight excluding hydrogens is 254 g/mol. The van der Waals surface area contributed by atoms with E-state index >= 15 is 0 Å². The van der Waals surface area contributed by atoms with Crippen molar-refractivity contribution in [2.45, 2.75) is 6.92 Å². The van der Waals surface area contributed by atoms with Gasteiger partial charge in [0.05, 0.1) is 6.54 Å². The highest BCUT2D eigenvalue weighted by atomic mass is 35.5. The van der Waals surface area contributed by atoms with Gasteiger partial charge in [0.1, 0.15) is 6.54 Å². The third-order valence-electron chi connectivity index (χ3n) is 2.30. The van der Waals surface area contributed by atoms with E-state index in [2.05, 4.69) is 5.92 Å². The third-order valence-corrected chi connectivity index (χ3v) is 2.72. The van der Waals surface area contributed by atoms with E-state index < -0.39 is 18.4 Å². The van der Waals surface area contributed by atoms with Crippen molar-refractivity contribution in [1.29, 1.82) is 0 Å². The minimum absolute atomic E-state index is 0.0488. The highest BCUT2D eigenvalue weighted by molar-refractivity contribution is 6.31. The van der Waals surface area contributed by atoms with Gasteiger partial charge >= 0.3 is 5.97 Å². The summed E-state index contributed by atoms with van der Waals surface area (Å²) in [6.45, 7) is 1.29. The second kappa shape index (κ2) is 6.08. The van der Waals surface area contributed by atoms with Crippen molar-refractivity contribution in [3.63, 3.8) is 0 Å². The molecule has 0 aliphatic rings. The molecule has 1 aromatic carbocycles. The van der Waals surface area contributed by atoms with Crippen LogP contribution in [0.4, 0.5) is 0 Å². The average Bonchev–Trinajstić information content (AvgIpc) is 2.31. The second-order valence-electron chi connectivity index (χ2n) is 3.72. The maximum atomic E-state index is 12.1. The summed E-state index contributed by atoms with van der Waals surface area (Å²) in [5.74, 6) is 0.737. The van der Waals surface area contributed by atoms with Crippen LogP contribution in [0.15, 0.2) is 18.2 Å². The van der Waals surface area contributed by atoms with Gasteiger partial charge in [-0.3, -0.25) is 9.59 Å². The van der Waals surface area contributed by atoms with Crippen LogP contribution < -0.4 is 0 Å². The smallest absolute Gasteiger partial charge is 0.323 e. The molecule has 0 radical (unpaired) electrons. The van der Waals surface area contributed by atoms with Crippen molar-refractivity contribution >= 4 is 23.5 Å². The van der Waals surface area contributed by atoms with Crippen LogP contribution >= 0.6 is 11.6 Å². The zero-order valence-electron chi connectivity index (χ0n) is 9.81. The molecule has 0 atom stereocenters. The van der Waals surface area contributed by atoms with Gasteiger partial charge in [0.2, 0.25) is 0 Å². The van der Waals surface area contributed by atoms with E-state index in [0.717, 1.165) is 10.5 Å². The van der Waals surface area contributed by atoms with Gasteiger partial charge in [-0.05, 0) is 30.7 Å². The van der Waals surface area contributed by atoms with E-state index in [0.29, 0.717) is 10.6 Å². The van der Waals surface area contributed by atoms with Gasteiger partial charge in [0.25, 0.3) is 5.91 Å². The number of aryl methyl sites for hydroxylation is 1. The Morgan fingerprint density at radius 1 is 1.50 bits per heavy atom. The molecule has 18 heavy (non-hydrogen) atoms. The van der Waals surface area contributed by atoms with Gasteiger partial charge in [-0.2, -0.15) is 0 Å². The summed E-state index contributed by atoms with van der Waals surface area (Å²) in [6, 6.07) is 4.75. The van der Waals surface area contributed by atoms with Crippen LogP contribution in [0.2, 0.25) is 5.02 Å². The number of carboxylic acids is 1. The van der Waals surface area contributed by atoms with Crippen molar-refractivity contribution in [3.05, 3.63) is 34.3 Å². The lowest BCUT2D eigenvalue weighted by molar-refractivity contribution is -0.137. The molecule has 4 nitrogen and oxygen atoms in total. The molecule has 0 saturated heterocycles. The molecule has 0 aliphatic heterocycles. The van der Waals surface area contributed by atoms with E-state index in [1.165, 1.54) is 0 Å². The topological polar surface area (TPSA) is 57.6 Å². The number of nitrogens with zero attached hydrogens (tertiary/aromatic N) is 1. The first-order valence-corrected chi connectivity index (χ1v) is 5.54. The van der Waals surface area contributed by atoms with Gasteiger partial charge in [0, 0.05) is 10.6 Å². The SMILES string of the molecule is C#CCN(CC(=O)O)C(=O)c1ccc(Cl)c(C)c1. The molecule has 0 fully saturated rings. The van der Waals surface area contributed by atoms with E-state index in [-0.39, 0.29) is 6.54 Å². The number of aliphatic carboxylic acids is 1. The molecule has 0 unspecified atom stereocenters. The number of terminal acetylenes is 1. The molecule has 0 heterocycles. The molecule has 0 saturated carbocycles. The molecule has 1 amide bonds. The van der Waals surface area contributed by atoms with Crippen molar-refractivity contribution < 1.29 is 14.7 Å². The van der Waals surface area contributed by atoms with E-state index in [4.69, 9.17) is 23.1 Å². The summed E-state index contributed by atoms with van der Waals surface area (Å²) >= 11 is 5.86. The Morgan fingerprint density at radius 3 is 2.67 bits per heavy atom. The second-order valence-corrected chi connectivity index (χ2v) is 4.13. The standard InChI is InChI=1S/C13H12ClNO3/c1-3-6-15(8-12(16)17)13(18)10-4-5-11(14)9(2)7-10/h1,4-5,7H,6,8H2,2H3,(H,16,17). The molecule has 0 aliphatic carbocycles. The molecule has 0 spiro atoms. The van der Waals surface area contributed by atoms with Crippen LogP contribution in [0.1, 0.15) is 15.9 Å². The number of halogens is 1. The van der Waals surface area contributed by atoms with Gasteiger partial charge in [-0.15, -0.1) is 6.42 Å². The predicted molar refractivity (Wildman–Crippen MR) is 68.6 cm³/mol. The average molecular weight is 266 g/mol. The monoisotopic (exact) mass is 265 g/mol. The number of carbonyl (C=O) groups is 2. The largest absolute Gasteiger partial charge is 0.480 e. The van der Waals surface area contributed by atoms with Crippen molar-refractivity contribution in [2.75, 3.05) is 13.1 Å². The number of hydrogen-bond acceptors (Lipinski definition) is 2. The zero-order valence-corrected chi connectivity index (χ0v) is 10.6. The number of amides is 1. The summed E-state index contributed by atoms with van der Waals surface area (Å²) in [4.78, 5) is 23.8. The first-order chi connectivity index (χ1) is 8.45. The number of benzene rings is 1. The fraction of sp³-hybridized carbons (Fsp3) is 0.231. The van der Waals surface area contributed by atoms with Crippen LogP contribution in [-0.2, 0) is 4.79 Å². The fourth-order valence-electron chi connectivity index (χ4n) is 1.43. The van der Waals surface area contributed by atoms with Crippen LogP contribution in [0.3, 0.4) is 0 Å². The van der Waals surface area contributed by atoms with Gasteiger partial charge in [0.15, 0.2) is 0 Å². The highest BCUT2D eigenvalue weighted by Crippen LogP contribution is 2.17. The summed E-state index contributed by atoms with van der Waals surface area (Å²) < 4.78 is 0. The fourth-order valence-corrected chi connectivity index (χ4v) is 1.55. The Hall–Kier alpha value is -1.99. The Bertz CT molecular complexity index is 519. The lowest BCUT2D eigenvalue weighted by Gasteiger charge is -2.18. The summed E-state index contributed by atoms with van der Waals surface area (Å²) in [5, 5.41) is 9.27. The summed E-state index contributed by atoms with van der Waals surface area (Å²) in [6.07, 6.45) is 5.12. The minimum Gasteiger partial charge on any atom is -0.480 e. The van der Waals surface area contributed by atoms with Crippen molar-refractivity contribution in [1.82, 2.24) is 4.90 Å².